The first-order valence-corrected chi connectivity index (χ1v) is 9.41. The Bertz CT molecular complexity index is 389. The highest BCUT2D eigenvalue weighted by Crippen LogP contribution is 2.28. The van der Waals surface area contributed by atoms with Crippen LogP contribution in [0.3, 0.4) is 0 Å². The van der Waals surface area contributed by atoms with Gasteiger partial charge in [-0.25, -0.2) is 0 Å². The summed E-state index contributed by atoms with van der Waals surface area (Å²) in [6.45, 7) is 4.42. The van der Waals surface area contributed by atoms with Gasteiger partial charge >= 0.3 is 0 Å². The molecule has 0 fully saturated rings. The molecule has 1 atom stereocenters. The predicted molar refractivity (Wildman–Crippen MR) is 97.9 cm³/mol. The molecule has 0 bridgehead atoms. The van der Waals surface area contributed by atoms with Crippen LogP contribution in [0.2, 0.25) is 0 Å². The van der Waals surface area contributed by atoms with E-state index in [0.717, 1.165) is 0 Å². The Balaban J connectivity index is 2.25. The van der Waals surface area contributed by atoms with Gasteiger partial charge in [0.1, 0.15) is 0 Å². The summed E-state index contributed by atoms with van der Waals surface area (Å²) in [6.07, 6.45) is 12.3. The monoisotopic (exact) mass is 353 g/mol. The van der Waals surface area contributed by atoms with E-state index in [0.29, 0.717) is 6.04 Å². The molecule has 0 saturated heterocycles. The normalized spacial score (nSPS) is 12.6. The van der Waals surface area contributed by atoms with Gasteiger partial charge in [-0.3, -0.25) is 0 Å². The van der Waals surface area contributed by atoms with Crippen molar-refractivity contribution < 1.29 is 0 Å². The number of aryl methyl sites for hydroxylation is 1. The maximum Gasteiger partial charge on any atom is 0.0328 e. The second kappa shape index (κ2) is 11.3. The van der Waals surface area contributed by atoms with Crippen molar-refractivity contribution in [3.8, 4) is 0 Å². The highest BCUT2D eigenvalue weighted by atomic mass is 79.9. The predicted octanol–water partition coefficient (Wildman–Crippen LogP) is 6.55. The third kappa shape index (κ3) is 7.46. The molecule has 0 spiro atoms. The van der Waals surface area contributed by atoms with Gasteiger partial charge in [-0.15, -0.1) is 0 Å². The molecule has 1 N–H and O–H groups in total. The highest BCUT2D eigenvalue weighted by molar-refractivity contribution is 9.10. The van der Waals surface area contributed by atoms with Crippen LogP contribution < -0.4 is 5.32 Å². The molecule has 0 heterocycles. The summed E-state index contributed by atoms with van der Waals surface area (Å²) >= 11 is 3.71. The molecular formula is C19H32BrN. The summed E-state index contributed by atoms with van der Waals surface area (Å²) in [5, 5.41) is 3.47. The topological polar surface area (TPSA) is 12.0 Å². The van der Waals surface area contributed by atoms with Crippen LogP contribution >= 0.6 is 15.9 Å². The lowest BCUT2D eigenvalue weighted by Gasteiger charge is -2.18. The zero-order valence-electron chi connectivity index (χ0n) is 14.1. The molecule has 1 nitrogen and oxygen atoms in total. The van der Waals surface area contributed by atoms with Crippen LogP contribution in [0.4, 0.5) is 0 Å². The van der Waals surface area contributed by atoms with Gasteiger partial charge in [-0.1, -0.05) is 86.4 Å². The molecule has 0 aliphatic rings. The SMILES string of the molecule is CCCCCCCCCCC(NC)c1ccc(C)cc1Br. The minimum atomic E-state index is 0.472. The van der Waals surface area contributed by atoms with E-state index < -0.39 is 0 Å². The van der Waals surface area contributed by atoms with E-state index in [9.17, 15) is 0 Å². The van der Waals surface area contributed by atoms with E-state index >= 15 is 0 Å². The van der Waals surface area contributed by atoms with Crippen LogP contribution in [0.1, 0.15) is 81.9 Å². The first-order valence-electron chi connectivity index (χ1n) is 8.62. The molecule has 0 aliphatic heterocycles. The third-order valence-corrected chi connectivity index (χ3v) is 4.91. The van der Waals surface area contributed by atoms with Gasteiger partial charge in [0.25, 0.3) is 0 Å². The first kappa shape index (κ1) is 18.7. The summed E-state index contributed by atoms with van der Waals surface area (Å²) in [7, 11) is 2.07. The van der Waals surface area contributed by atoms with Gasteiger partial charge in [0.15, 0.2) is 0 Å². The summed E-state index contributed by atoms with van der Waals surface area (Å²) in [5.41, 5.74) is 2.71. The van der Waals surface area contributed by atoms with Crippen molar-refractivity contribution in [2.75, 3.05) is 7.05 Å². The standard InChI is InChI=1S/C19H32BrN/c1-4-5-6-7-8-9-10-11-12-19(21-3)17-14-13-16(2)15-18(17)20/h13-15,19,21H,4-12H2,1-3H3. The Morgan fingerprint density at radius 1 is 1.00 bits per heavy atom. The van der Waals surface area contributed by atoms with Crippen molar-refractivity contribution >= 4 is 15.9 Å². The molecule has 21 heavy (non-hydrogen) atoms. The van der Waals surface area contributed by atoms with Gasteiger partial charge in [-0.05, 0) is 37.6 Å². The number of hydrogen-bond donors (Lipinski definition) is 1. The van der Waals surface area contributed by atoms with Crippen molar-refractivity contribution in [1.29, 1.82) is 0 Å². The summed E-state index contributed by atoms with van der Waals surface area (Å²) < 4.78 is 1.24. The Morgan fingerprint density at radius 3 is 2.19 bits per heavy atom. The minimum Gasteiger partial charge on any atom is -0.313 e. The molecule has 1 aromatic rings. The van der Waals surface area contributed by atoms with Crippen LogP contribution in [0, 0.1) is 6.92 Å². The Hall–Kier alpha value is -0.340. The van der Waals surface area contributed by atoms with E-state index in [1.807, 2.05) is 0 Å². The van der Waals surface area contributed by atoms with E-state index in [-0.39, 0.29) is 0 Å². The minimum absolute atomic E-state index is 0.472. The lowest BCUT2D eigenvalue weighted by atomic mass is 9.98. The zero-order chi connectivity index (χ0) is 15.5. The Morgan fingerprint density at radius 2 is 1.62 bits per heavy atom. The third-order valence-electron chi connectivity index (χ3n) is 4.23. The van der Waals surface area contributed by atoms with Crippen LogP contribution in [-0.2, 0) is 0 Å². The number of hydrogen-bond acceptors (Lipinski definition) is 1. The van der Waals surface area contributed by atoms with Crippen molar-refractivity contribution in [2.24, 2.45) is 0 Å². The van der Waals surface area contributed by atoms with Crippen LogP contribution in [-0.4, -0.2) is 7.05 Å². The summed E-state index contributed by atoms with van der Waals surface area (Å²) in [6, 6.07) is 7.15. The van der Waals surface area contributed by atoms with Gasteiger partial charge in [0.2, 0.25) is 0 Å². The van der Waals surface area contributed by atoms with Gasteiger partial charge in [0.05, 0.1) is 0 Å². The molecule has 1 aromatic carbocycles. The van der Waals surface area contributed by atoms with Crippen LogP contribution in [0.15, 0.2) is 22.7 Å². The quantitative estimate of drug-likeness (QED) is 0.444. The van der Waals surface area contributed by atoms with E-state index in [1.54, 1.807) is 0 Å². The second-order valence-corrected chi connectivity index (χ2v) is 6.98. The number of halogens is 1. The maximum absolute atomic E-state index is 3.71. The van der Waals surface area contributed by atoms with E-state index in [1.165, 1.54) is 73.4 Å². The number of nitrogens with one attached hydrogen (secondary N) is 1. The molecule has 1 unspecified atom stereocenters. The molecular weight excluding hydrogens is 322 g/mol. The zero-order valence-corrected chi connectivity index (χ0v) is 15.6. The number of benzene rings is 1. The van der Waals surface area contributed by atoms with E-state index in [2.05, 4.69) is 60.3 Å². The Kier molecular flexibility index (Phi) is 10.0. The van der Waals surface area contributed by atoms with Crippen LogP contribution in [0.25, 0.3) is 0 Å². The molecule has 0 aliphatic carbocycles. The van der Waals surface area contributed by atoms with Crippen LogP contribution in [0.5, 0.6) is 0 Å². The van der Waals surface area contributed by atoms with Crippen molar-refractivity contribution in [3.05, 3.63) is 33.8 Å². The molecule has 2 heteroatoms. The highest BCUT2D eigenvalue weighted by Gasteiger charge is 2.12. The second-order valence-electron chi connectivity index (χ2n) is 6.13. The van der Waals surface area contributed by atoms with E-state index in [4.69, 9.17) is 0 Å². The fourth-order valence-corrected chi connectivity index (χ4v) is 3.62. The number of unbranched alkanes of at least 4 members (excludes halogenated alkanes) is 7. The smallest absolute Gasteiger partial charge is 0.0328 e. The Labute approximate surface area is 140 Å². The lowest BCUT2D eigenvalue weighted by Crippen LogP contribution is -2.16. The lowest BCUT2D eigenvalue weighted by molar-refractivity contribution is 0.493. The molecule has 120 valence electrons. The molecule has 0 saturated carbocycles. The fraction of sp³-hybridized carbons (Fsp3) is 0.684. The molecule has 0 amide bonds. The van der Waals surface area contributed by atoms with Gasteiger partial charge in [-0.2, -0.15) is 0 Å². The van der Waals surface area contributed by atoms with Gasteiger partial charge < -0.3 is 5.32 Å². The number of rotatable bonds is 11. The van der Waals surface area contributed by atoms with Gasteiger partial charge in [0, 0.05) is 10.5 Å². The van der Waals surface area contributed by atoms with Crippen molar-refractivity contribution in [1.82, 2.24) is 5.32 Å². The summed E-state index contributed by atoms with van der Waals surface area (Å²) in [4.78, 5) is 0. The molecule has 0 aromatic heterocycles. The van der Waals surface area contributed by atoms with Crippen molar-refractivity contribution in [2.45, 2.75) is 77.7 Å². The average Bonchev–Trinajstić information content (AvgIpc) is 2.47. The summed E-state index contributed by atoms with van der Waals surface area (Å²) in [5.74, 6) is 0. The van der Waals surface area contributed by atoms with Crippen molar-refractivity contribution in [3.63, 3.8) is 0 Å². The fourth-order valence-electron chi connectivity index (χ4n) is 2.85. The maximum atomic E-state index is 3.71. The first-order chi connectivity index (χ1) is 10.2. The molecule has 1 rings (SSSR count). The average molecular weight is 354 g/mol. The molecule has 0 radical (unpaired) electrons. The largest absolute Gasteiger partial charge is 0.313 e.